The van der Waals surface area contributed by atoms with Crippen molar-refractivity contribution in [1.82, 2.24) is 4.57 Å². The van der Waals surface area contributed by atoms with Gasteiger partial charge in [0.1, 0.15) is 0 Å². The van der Waals surface area contributed by atoms with Crippen molar-refractivity contribution in [2.45, 2.75) is 0 Å². The standard InChI is InChI=1S/C12H10N2O2/c15-9-13-10-4-6-11(7-5-10)14-8-2-1-3-12(14)16/h1-9H,(H,13,15). The second-order valence-electron chi connectivity index (χ2n) is 3.22. The number of amides is 1. The second-order valence-corrected chi connectivity index (χ2v) is 3.22. The van der Waals surface area contributed by atoms with Crippen LogP contribution < -0.4 is 10.9 Å². The molecule has 0 aliphatic rings. The van der Waals surface area contributed by atoms with E-state index in [0.29, 0.717) is 12.1 Å². The van der Waals surface area contributed by atoms with Crippen LogP contribution in [0.3, 0.4) is 0 Å². The molecule has 0 radical (unpaired) electrons. The summed E-state index contributed by atoms with van der Waals surface area (Å²) in [4.78, 5) is 21.7. The van der Waals surface area contributed by atoms with Crippen molar-refractivity contribution in [2.75, 3.05) is 5.32 Å². The SMILES string of the molecule is O=CNc1ccc(-n2ccccc2=O)cc1. The van der Waals surface area contributed by atoms with E-state index in [1.54, 1.807) is 42.6 Å². The molecule has 1 amide bonds. The fourth-order valence-electron chi connectivity index (χ4n) is 1.43. The van der Waals surface area contributed by atoms with Crippen LogP contribution in [0.15, 0.2) is 53.5 Å². The number of nitrogens with one attached hydrogen (secondary N) is 1. The first kappa shape index (κ1) is 10.2. The zero-order chi connectivity index (χ0) is 11.4. The number of hydrogen-bond acceptors (Lipinski definition) is 2. The summed E-state index contributed by atoms with van der Waals surface area (Å²) in [5, 5.41) is 2.53. The fourth-order valence-corrected chi connectivity index (χ4v) is 1.43. The van der Waals surface area contributed by atoms with Crippen molar-refractivity contribution in [2.24, 2.45) is 0 Å². The lowest BCUT2D eigenvalue weighted by Crippen LogP contribution is -2.15. The van der Waals surface area contributed by atoms with Crippen molar-refractivity contribution in [3.05, 3.63) is 59.0 Å². The quantitative estimate of drug-likeness (QED) is 0.785. The van der Waals surface area contributed by atoms with E-state index >= 15 is 0 Å². The highest BCUT2D eigenvalue weighted by Gasteiger charge is 1.97. The van der Waals surface area contributed by atoms with E-state index in [-0.39, 0.29) is 5.56 Å². The zero-order valence-corrected chi connectivity index (χ0v) is 8.46. The predicted octanol–water partition coefficient (Wildman–Crippen LogP) is 1.41. The molecule has 0 fully saturated rings. The van der Waals surface area contributed by atoms with Gasteiger partial charge in [-0.05, 0) is 30.3 Å². The van der Waals surface area contributed by atoms with Crippen LogP contribution in [0, 0.1) is 0 Å². The molecule has 0 bridgehead atoms. The minimum atomic E-state index is -0.0846. The minimum Gasteiger partial charge on any atom is -0.329 e. The number of rotatable bonds is 3. The first-order valence-electron chi connectivity index (χ1n) is 4.79. The van der Waals surface area contributed by atoms with E-state index in [1.165, 1.54) is 10.6 Å². The predicted molar refractivity (Wildman–Crippen MR) is 61.7 cm³/mol. The molecule has 1 N–H and O–H groups in total. The summed E-state index contributed by atoms with van der Waals surface area (Å²) < 4.78 is 1.53. The summed E-state index contributed by atoms with van der Waals surface area (Å²) in [5.41, 5.74) is 1.38. The molecule has 0 aliphatic carbocycles. The van der Waals surface area contributed by atoms with Crippen LogP contribution in [0.5, 0.6) is 0 Å². The van der Waals surface area contributed by atoms with Crippen LogP contribution >= 0.6 is 0 Å². The molecule has 0 spiro atoms. The summed E-state index contributed by atoms with van der Waals surface area (Å²) in [6.07, 6.45) is 2.31. The zero-order valence-electron chi connectivity index (χ0n) is 8.46. The number of pyridine rings is 1. The lowest BCUT2D eigenvalue weighted by atomic mass is 10.2. The topological polar surface area (TPSA) is 51.1 Å². The van der Waals surface area contributed by atoms with E-state index < -0.39 is 0 Å². The first-order chi connectivity index (χ1) is 7.81. The Morgan fingerprint density at radius 2 is 1.81 bits per heavy atom. The third kappa shape index (κ3) is 2.00. The molecular formula is C12H10N2O2. The van der Waals surface area contributed by atoms with Crippen LogP contribution in [0.2, 0.25) is 0 Å². The Morgan fingerprint density at radius 3 is 2.44 bits per heavy atom. The number of carbonyl (C=O) groups excluding carboxylic acids is 1. The van der Waals surface area contributed by atoms with E-state index in [2.05, 4.69) is 5.32 Å². The van der Waals surface area contributed by atoms with Crippen molar-refractivity contribution in [3.8, 4) is 5.69 Å². The van der Waals surface area contributed by atoms with Crippen molar-refractivity contribution in [1.29, 1.82) is 0 Å². The Hall–Kier alpha value is -2.36. The van der Waals surface area contributed by atoms with Gasteiger partial charge in [-0.1, -0.05) is 6.07 Å². The molecule has 0 saturated heterocycles. The van der Waals surface area contributed by atoms with Gasteiger partial charge in [-0.3, -0.25) is 14.2 Å². The number of nitrogens with zero attached hydrogens (tertiary/aromatic N) is 1. The molecule has 0 aliphatic heterocycles. The van der Waals surface area contributed by atoms with Crippen LogP contribution in [-0.4, -0.2) is 11.0 Å². The average Bonchev–Trinajstić information content (AvgIpc) is 2.31. The Labute approximate surface area is 92.2 Å². The van der Waals surface area contributed by atoms with Crippen LogP contribution in [0.1, 0.15) is 0 Å². The summed E-state index contributed by atoms with van der Waals surface area (Å²) in [6, 6.07) is 12.0. The number of hydrogen-bond donors (Lipinski definition) is 1. The minimum absolute atomic E-state index is 0.0846. The van der Waals surface area contributed by atoms with Crippen molar-refractivity contribution >= 4 is 12.1 Å². The van der Waals surface area contributed by atoms with Gasteiger partial charge >= 0.3 is 0 Å². The molecule has 2 rings (SSSR count). The van der Waals surface area contributed by atoms with Gasteiger partial charge in [-0.25, -0.2) is 0 Å². The molecule has 16 heavy (non-hydrogen) atoms. The van der Waals surface area contributed by atoms with Gasteiger partial charge in [0.2, 0.25) is 6.41 Å². The summed E-state index contributed by atoms with van der Waals surface area (Å²) in [7, 11) is 0. The molecule has 4 heteroatoms. The molecular weight excluding hydrogens is 204 g/mol. The Bertz CT molecular complexity index is 543. The highest BCUT2D eigenvalue weighted by atomic mass is 16.1. The van der Waals surface area contributed by atoms with Crippen molar-refractivity contribution in [3.63, 3.8) is 0 Å². The Kier molecular flexibility index (Phi) is 2.82. The van der Waals surface area contributed by atoms with E-state index in [4.69, 9.17) is 0 Å². The highest BCUT2D eigenvalue weighted by molar-refractivity contribution is 5.71. The molecule has 2 aromatic rings. The number of aromatic nitrogens is 1. The van der Waals surface area contributed by atoms with Crippen LogP contribution in [0.4, 0.5) is 5.69 Å². The molecule has 1 aromatic heterocycles. The maximum atomic E-state index is 11.5. The fraction of sp³-hybridized carbons (Fsp3) is 0. The third-order valence-electron chi connectivity index (χ3n) is 2.19. The molecule has 0 atom stereocenters. The summed E-state index contributed by atoms with van der Waals surface area (Å²) >= 11 is 0. The monoisotopic (exact) mass is 214 g/mol. The average molecular weight is 214 g/mol. The van der Waals surface area contributed by atoms with Gasteiger partial charge in [0.05, 0.1) is 0 Å². The molecule has 4 nitrogen and oxygen atoms in total. The van der Waals surface area contributed by atoms with Crippen LogP contribution in [-0.2, 0) is 4.79 Å². The van der Waals surface area contributed by atoms with Gasteiger partial charge in [-0.2, -0.15) is 0 Å². The molecule has 0 unspecified atom stereocenters. The second kappa shape index (κ2) is 4.44. The normalized spacial score (nSPS) is 9.75. The number of benzene rings is 1. The molecule has 0 saturated carbocycles. The first-order valence-corrected chi connectivity index (χ1v) is 4.79. The van der Waals surface area contributed by atoms with E-state index in [9.17, 15) is 9.59 Å². The molecule has 1 heterocycles. The van der Waals surface area contributed by atoms with Crippen molar-refractivity contribution < 1.29 is 4.79 Å². The number of carbonyl (C=O) groups is 1. The maximum Gasteiger partial charge on any atom is 0.255 e. The van der Waals surface area contributed by atoms with Gasteiger partial charge in [0.15, 0.2) is 0 Å². The van der Waals surface area contributed by atoms with E-state index in [0.717, 1.165) is 5.69 Å². The van der Waals surface area contributed by atoms with Gasteiger partial charge in [-0.15, -0.1) is 0 Å². The molecule has 80 valence electrons. The molecule has 1 aromatic carbocycles. The lowest BCUT2D eigenvalue weighted by molar-refractivity contribution is -0.105. The van der Waals surface area contributed by atoms with Gasteiger partial charge < -0.3 is 5.32 Å². The van der Waals surface area contributed by atoms with Crippen LogP contribution in [0.25, 0.3) is 5.69 Å². The highest BCUT2D eigenvalue weighted by Crippen LogP contribution is 2.10. The van der Waals surface area contributed by atoms with Gasteiger partial charge in [0.25, 0.3) is 5.56 Å². The van der Waals surface area contributed by atoms with Gasteiger partial charge in [0, 0.05) is 23.6 Å². The Balaban J connectivity index is 2.39. The van der Waals surface area contributed by atoms with E-state index in [1.807, 2.05) is 0 Å². The summed E-state index contributed by atoms with van der Waals surface area (Å²) in [6.45, 7) is 0. The lowest BCUT2D eigenvalue weighted by Gasteiger charge is -2.05. The number of anilines is 1. The largest absolute Gasteiger partial charge is 0.329 e. The Morgan fingerprint density at radius 1 is 1.06 bits per heavy atom. The maximum absolute atomic E-state index is 11.5. The smallest absolute Gasteiger partial charge is 0.255 e. The summed E-state index contributed by atoms with van der Waals surface area (Å²) in [5.74, 6) is 0. The third-order valence-corrected chi connectivity index (χ3v) is 2.19.